The molecule has 2 fully saturated rings. The predicted octanol–water partition coefficient (Wildman–Crippen LogP) is 3.89. The number of hydrogen-bond acceptors (Lipinski definition) is 5. The lowest BCUT2D eigenvalue weighted by Gasteiger charge is -2.26. The molecule has 1 aromatic heterocycles. The van der Waals surface area contributed by atoms with E-state index >= 15 is 0 Å². The molecular formula is C21H28N2O2S. The second-order valence-corrected chi connectivity index (χ2v) is 8.30. The van der Waals surface area contributed by atoms with Gasteiger partial charge in [-0.25, -0.2) is 4.98 Å². The molecule has 0 bridgehead atoms. The van der Waals surface area contributed by atoms with Gasteiger partial charge in [0.1, 0.15) is 0 Å². The molecule has 2 aromatic rings. The van der Waals surface area contributed by atoms with Crippen LogP contribution in [0.2, 0.25) is 0 Å². The van der Waals surface area contributed by atoms with Gasteiger partial charge in [-0.05, 0) is 31.2 Å². The fraction of sp³-hybridized carbons (Fsp3) is 0.571. The van der Waals surface area contributed by atoms with Crippen molar-refractivity contribution in [3.63, 3.8) is 0 Å². The Labute approximate surface area is 160 Å². The highest BCUT2D eigenvalue weighted by Crippen LogP contribution is 2.20. The van der Waals surface area contributed by atoms with Crippen LogP contribution in [0.15, 0.2) is 35.7 Å². The second kappa shape index (κ2) is 9.09. The van der Waals surface area contributed by atoms with Crippen molar-refractivity contribution in [3.8, 4) is 0 Å². The Morgan fingerprint density at radius 2 is 1.69 bits per heavy atom. The fourth-order valence-corrected chi connectivity index (χ4v) is 4.68. The van der Waals surface area contributed by atoms with Crippen LogP contribution in [0.25, 0.3) is 0 Å². The van der Waals surface area contributed by atoms with E-state index in [1.54, 1.807) is 11.3 Å². The highest BCUT2D eigenvalue weighted by Gasteiger charge is 2.24. The van der Waals surface area contributed by atoms with E-state index in [4.69, 9.17) is 14.5 Å². The summed E-state index contributed by atoms with van der Waals surface area (Å²) in [6.45, 7) is 4.70. The van der Waals surface area contributed by atoms with Crippen LogP contribution in [0.4, 0.5) is 0 Å². The summed E-state index contributed by atoms with van der Waals surface area (Å²) in [7, 11) is 0. The normalized spacial score (nSPS) is 23.1. The molecule has 2 aliphatic rings. The first-order chi connectivity index (χ1) is 12.8. The van der Waals surface area contributed by atoms with Crippen LogP contribution < -0.4 is 0 Å². The molecule has 0 spiro atoms. The van der Waals surface area contributed by atoms with Gasteiger partial charge in [-0.3, -0.25) is 4.90 Å². The summed E-state index contributed by atoms with van der Waals surface area (Å²) in [4.78, 5) is 7.38. The molecule has 1 aromatic carbocycles. The summed E-state index contributed by atoms with van der Waals surface area (Å²) in [5.74, 6) is 0. The molecule has 2 saturated heterocycles. The lowest BCUT2D eigenvalue weighted by molar-refractivity contribution is 0.0342. The first kappa shape index (κ1) is 18.1. The molecule has 0 N–H and O–H groups in total. The lowest BCUT2D eigenvalue weighted by Crippen LogP contribution is -2.37. The molecule has 4 rings (SSSR count). The van der Waals surface area contributed by atoms with Gasteiger partial charge in [0.15, 0.2) is 0 Å². The Morgan fingerprint density at radius 1 is 1.00 bits per heavy atom. The summed E-state index contributed by atoms with van der Waals surface area (Å²) >= 11 is 1.77. The standard InChI is InChI=1S/C21H28N2O2S/c1-2-6-17(7-3-1)12-21-22-18(16-26-21)13-23(14-19-8-4-10-24-19)15-20-9-5-11-25-20/h1-3,6-7,16,19-20H,4-5,8-15H2/t19-,20-/m0/s1. The molecule has 0 saturated carbocycles. The summed E-state index contributed by atoms with van der Waals surface area (Å²) in [6, 6.07) is 10.6. The number of nitrogens with zero attached hydrogens (tertiary/aromatic N) is 2. The van der Waals surface area contributed by atoms with Crippen molar-refractivity contribution in [2.24, 2.45) is 0 Å². The van der Waals surface area contributed by atoms with Gasteiger partial charge >= 0.3 is 0 Å². The molecule has 5 heteroatoms. The number of rotatable bonds is 8. The van der Waals surface area contributed by atoms with Crippen molar-refractivity contribution in [1.29, 1.82) is 0 Å². The van der Waals surface area contributed by atoms with Crippen LogP contribution >= 0.6 is 11.3 Å². The number of ether oxygens (including phenoxy) is 2. The van der Waals surface area contributed by atoms with Gasteiger partial charge in [-0.2, -0.15) is 0 Å². The van der Waals surface area contributed by atoms with Crippen LogP contribution in [0.3, 0.4) is 0 Å². The molecule has 0 unspecified atom stereocenters. The molecule has 3 heterocycles. The summed E-state index contributed by atoms with van der Waals surface area (Å²) in [6.07, 6.45) is 6.41. The topological polar surface area (TPSA) is 34.6 Å². The van der Waals surface area contributed by atoms with Crippen molar-refractivity contribution < 1.29 is 9.47 Å². The molecule has 140 valence electrons. The van der Waals surface area contributed by atoms with Gasteiger partial charge in [0.05, 0.1) is 22.9 Å². The third-order valence-corrected chi connectivity index (χ3v) is 6.05. The predicted molar refractivity (Wildman–Crippen MR) is 105 cm³/mol. The largest absolute Gasteiger partial charge is 0.377 e. The molecule has 4 nitrogen and oxygen atoms in total. The van der Waals surface area contributed by atoms with Gasteiger partial charge in [-0.15, -0.1) is 11.3 Å². The quantitative estimate of drug-likeness (QED) is 0.704. The second-order valence-electron chi connectivity index (χ2n) is 7.36. The molecule has 26 heavy (non-hydrogen) atoms. The Bertz CT molecular complexity index is 646. The van der Waals surface area contributed by atoms with Crippen molar-refractivity contribution >= 4 is 11.3 Å². The maximum absolute atomic E-state index is 5.87. The minimum absolute atomic E-state index is 0.374. The summed E-state index contributed by atoms with van der Waals surface area (Å²) in [5.41, 5.74) is 2.50. The monoisotopic (exact) mass is 372 g/mol. The third kappa shape index (κ3) is 5.13. The third-order valence-electron chi connectivity index (χ3n) is 5.15. The SMILES string of the molecule is c1ccc(Cc2nc(CN(C[C@@H]3CCCO3)C[C@@H]3CCCO3)cs2)cc1. The van der Waals surface area contributed by atoms with E-state index in [1.807, 2.05) is 0 Å². The highest BCUT2D eigenvalue weighted by atomic mass is 32.1. The Morgan fingerprint density at radius 3 is 2.31 bits per heavy atom. The van der Waals surface area contributed by atoms with Crippen molar-refractivity contribution in [3.05, 3.63) is 52.0 Å². The average Bonchev–Trinajstić information content (AvgIpc) is 3.40. The van der Waals surface area contributed by atoms with E-state index < -0.39 is 0 Å². The fourth-order valence-electron chi connectivity index (χ4n) is 3.86. The average molecular weight is 373 g/mol. The molecule has 0 amide bonds. The van der Waals surface area contributed by atoms with Gasteiger partial charge in [0, 0.05) is 44.6 Å². The van der Waals surface area contributed by atoms with Gasteiger partial charge in [0.2, 0.25) is 0 Å². The zero-order valence-electron chi connectivity index (χ0n) is 15.3. The summed E-state index contributed by atoms with van der Waals surface area (Å²) < 4.78 is 11.7. The van der Waals surface area contributed by atoms with Crippen molar-refractivity contribution in [1.82, 2.24) is 9.88 Å². The Balaban J connectivity index is 1.37. The minimum atomic E-state index is 0.374. The number of hydrogen-bond donors (Lipinski definition) is 0. The van der Waals surface area contributed by atoms with Crippen LogP contribution in [-0.4, -0.2) is 48.4 Å². The Hall–Kier alpha value is -1.27. The number of benzene rings is 1. The number of thiazole rings is 1. The molecular weight excluding hydrogens is 344 g/mol. The maximum Gasteiger partial charge on any atom is 0.0972 e. The van der Waals surface area contributed by atoms with E-state index in [0.29, 0.717) is 12.2 Å². The van der Waals surface area contributed by atoms with Crippen molar-refractivity contribution in [2.75, 3.05) is 26.3 Å². The molecule has 2 aliphatic heterocycles. The van der Waals surface area contributed by atoms with E-state index in [1.165, 1.54) is 41.9 Å². The highest BCUT2D eigenvalue weighted by molar-refractivity contribution is 7.09. The van der Waals surface area contributed by atoms with Gasteiger partial charge in [0.25, 0.3) is 0 Å². The molecule has 0 radical (unpaired) electrons. The van der Waals surface area contributed by atoms with Gasteiger partial charge < -0.3 is 9.47 Å². The smallest absolute Gasteiger partial charge is 0.0972 e. The van der Waals surface area contributed by atoms with Crippen LogP contribution in [0.5, 0.6) is 0 Å². The first-order valence-electron chi connectivity index (χ1n) is 9.78. The zero-order chi connectivity index (χ0) is 17.6. The first-order valence-corrected chi connectivity index (χ1v) is 10.7. The van der Waals surface area contributed by atoms with E-state index in [9.17, 15) is 0 Å². The van der Waals surface area contributed by atoms with E-state index in [2.05, 4.69) is 40.6 Å². The van der Waals surface area contributed by atoms with Crippen molar-refractivity contribution in [2.45, 2.75) is 50.9 Å². The lowest BCUT2D eigenvalue weighted by atomic mass is 10.2. The Kier molecular flexibility index (Phi) is 6.33. The summed E-state index contributed by atoms with van der Waals surface area (Å²) in [5, 5.41) is 3.41. The number of aromatic nitrogens is 1. The van der Waals surface area contributed by atoms with Crippen LogP contribution in [-0.2, 0) is 22.4 Å². The zero-order valence-corrected chi connectivity index (χ0v) is 16.1. The maximum atomic E-state index is 5.87. The van der Waals surface area contributed by atoms with E-state index in [-0.39, 0.29) is 0 Å². The van der Waals surface area contributed by atoms with E-state index in [0.717, 1.165) is 39.3 Å². The molecule has 2 atom stereocenters. The van der Waals surface area contributed by atoms with Crippen LogP contribution in [0.1, 0.15) is 41.9 Å². The molecule has 0 aliphatic carbocycles. The minimum Gasteiger partial charge on any atom is -0.377 e. The van der Waals surface area contributed by atoms with Crippen LogP contribution in [0, 0.1) is 0 Å². The van der Waals surface area contributed by atoms with Gasteiger partial charge in [-0.1, -0.05) is 30.3 Å².